The van der Waals surface area contributed by atoms with E-state index in [0.29, 0.717) is 0 Å². The van der Waals surface area contributed by atoms with Crippen LogP contribution in [0.4, 0.5) is 0 Å². The summed E-state index contributed by atoms with van der Waals surface area (Å²) >= 11 is 0. The van der Waals surface area contributed by atoms with Crippen LogP contribution in [0, 0.1) is 5.92 Å². The quantitative estimate of drug-likeness (QED) is 0.550. The number of hydrogen-bond acceptors (Lipinski definition) is 3. The van der Waals surface area contributed by atoms with Gasteiger partial charge in [-0.2, -0.15) is 0 Å². The standard InChI is InChI=1S/C9H12O3/c1-5-4-8(11)9(6(5)2)12-7(3)10/h4,6,9H,1-3H3/t6-,9+/m0/s1. The first-order valence-corrected chi connectivity index (χ1v) is 3.91. The van der Waals surface area contributed by atoms with E-state index in [4.69, 9.17) is 4.74 Å². The van der Waals surface area contributed by atoms with Gasteiger partial charge in [0.2, 0.25) is 0 Å². The molecule has 12 heavy (non-hydrogen) atoms. The van der Waals surface area contributed by atoms with Gasteiger partial charge in [0.25, 0.3) is 0 Å². The molecule has 0 amide bonds. The summed E-state index contributed by atoms with van der Waals surface area (Å²) in [7, 11) is 0. The van der Waals surface area contributed by atoms with E-state index < -0.39 is 12.1 Å². The number of ketones is 1. The number of carbonyl (C=O) groups is 2. The average Bonchev–Trinajstić information content (AvgIpc) is 2.16. The van der Waals surface area contributed by atoms with E-state index >= 15 is 0 Å². The third-order valence-electron chi connectivity index (χ3n) is 2.12. The highest BCUT2D eigenvalue weighted by Gasteiger charge is 2.33. The van der Waals surface area contributed by atoms with Gasteiger partial charge in [-0.15, -0.1) is 0 Å². The minimum absolute atomic E-state index is 0.0291. The Bertz CT molecular complexity index is 252. The Hall–Kier alpha value is -1.12. The molecule has 1 rings (SSSR count). The Balaban J connectivity index is 2.70. The molecule has 0 bridgehead atoms. The summed E-state index contributed by atoms with van der Waals surface area (Å²) in [6, 6.07) is 0. The van der Waals surface area contributed by atoms with Crippen molar-refractivity contribution in [2.45, 2.75) is 26.9 Å². The Morgan fingerprint density at radius 1 is 1.58 bits per heavy atom. The predicted octanol–water partition coefficient (Wildman–Crippen LogP) is 1.08. The molecular formula is C9H12O3. The molecule has 0 unspecified atom stereocenters. The molecule has 3 nitrogen and oxygen atoms in total. The zero-order valence-corrected chi connectivity index (χ0v) is 7.46. The second-order valence-electron chi connectivity index (χ2n) is 3.11. The third kappa shape index (κ3) is 1.55. The molecule has 0 fully saturated rings. The summed E-state index contributed by atoms with van der Waals surface area (Å²) < 4.78 is 4.87. The molecule has 0 spiro atoms. The van der Waals surface area contributed by atoms with Crippen molar-refractivity contribution in [2.24, 2.45) is 5.92 Å². The monoisotopic (exact) mass is 168 g/mol. The molecule has 1 aliphatic carbocycles. The van der Waals surface area contributed by atoms with E-state index in [0.717, 1.165) is 5.57 Å². The molecule has 0 aromatic carbocycles. The zero-order valence-electron chi connectivity index (χ0n) is 7.46. The van der Waals surface area contributed by atoms with Gasteiger partial charge < -0.3 is 4.74 Å². The zero-order chi connectivity index (χ0) is 9.30. The van der Waals surface area contributed by atoms with Crippen LogP contribution < -0.4 is 0 Å². The van der Waals surface area contributed by atoms with Gasteiger partial charge in [0, 0.05) is 12.8 Å². The van der Waals surface area contributed by atoms with E-state index in [9.17, 15) is 9.59 Å². The highest BCUT2D eigenvalue weighted by atomic mass is 16.5. The lowest BCUT2D eigenvalue weighted by Gasteiger charge is -2.15. The van der Waals surface area contributed by atoms with Crippen molar-refractivity contribution in [3.05, 3.63) is 11.6 Å². The molecule has 0 saturated heterocycles. The van der Waals surface area contributed by atoms with Crippen LogP contribution in [0.2, 0.25) is 0 Å². The summed E-state index contributed by atoms with van der Waals surface area (Å²) in [6.07, 6.45) is 0.959. The SMILES string of the molecule is CC(=O)O[C@H]1C(=O)C=C(C)[C@@H]1C. The lowest BCUT2D eigenvalue weighted by Crippen LogP contribution is -2.27. The maximum Gasteiger partial charge on any atom is 0.303 e. The molecular weight excluding hydrogens is 156 g/mol. The lowest BCUT2D eigenvalue weighted by molar-refractivity contribution is -0.152. The summed E-state index contributed by atoms with van der Waals surface area (Å²) in [5, 5.41) is 0. The normalized spacial score (nSPS) is 28.6. The van der Waals surface area contributed by atoms with Crippen LogP contribution in [-0.2, 0) is 14.3 Å². The van der Waals surface area contributed by atoms with Crippen LogP contribution in [-0.4, -0.2) is 17.9 Å². The largest absolute Gasteiger partial charge is 0.454 e. The van der Waals surface area contributed by atoms with Gasteiger partial charge in [0.05, 0.1) is 0 Å². The summed E-state index contributed by atoms with van der Waals surface area (Å²) in [5.41, 5.74) is 0.978. The molecule has 0 aromatic rings. The molecule has 1 aliphatic rings. The summed E-state index contributed by atoms with van der Waals surface area (Å²) in [5.74, 6) is -0.472. The highest BCUT2D eigenvalue weighted by molar-refractivity contribution is 5.98. The molecule has 0 aliphatic heterocycles. The Kier molecular flexibility index (Phi) is 2.31. The van der Waals surface area contributed by atoms with Gasteiger partial charge >= 0.3 is 5.97 Å². The maximum absolute atomic E-state index is 11.2. The van der Waals surface area contributed by atoms with Crippen LogP contribution in [0.5, 0.6) is 0 Å². The van der Waals surface area contributed by atoms with Crippen LogP contribution in [0.3, 0.4) is 0 Å². The van der Waals surface area contributed by atoms with Gasteiger partial charge in [-0.1, -0.05) is 12.5 Å². The van der Waals surface area contributed by atoms with Crippen LogP contribution in [0.15, 0.2) is 11.6 Å². The summed E-state index contributed by atoms with van der Waals surface area (Å²) in [6.45, 7) is 5.06. The number of rotatable bonds is 1. The number of carbonyl (C=O) groups excluding carboxylic acids is 2. The van der Waals surface area contributed by atoms with E-state index in [1.807, 2.05) is 13.8 Å². The first-order chi connectivity index (χ1) is 5.52. The van der Waals surface area contributed by atoms with Gasteiger partial charge in [0.1, 0.15) is 0 Å². The molecule has 0 aromatic heterocycles. The number of hydrogen-bond donors (Lipinski definition) is 0. The number of ether oxygens (including phenoxy) is 1. The van der Waals surface area contributed by atoms with Crippen molar-refractivity contribution in [1.82, 2.24) is 0 Å². The van der Waals surface area contributed by atoms with Crippen molar-refractivity contribution in [3.63, 3.8) is 0 Å². The van der Waals surface area contributed by atoms with Crippen molar-refractivity contribution in [3.8, 4) is 0 Å². The molecule has 2 atom stereocenters. The molecule has 0 saturated carbocycles. The minimum Gasteiger partial charge on any atom is -0.454 e. The Morgan fingerprint density at radius 3 is 2.50 bits per heavy atom. The minimum atomic E-state index is -0.581. The van der Waals surface area contributed by atoms with Crippen LogP contribution in [0.1, 0.15) is 20.8 Å². The van der Waals surface area contributed by atoms with E-state index in [-0.39, 0.29) is 11.7 Å². The summed E-state index contributed by atoms with van der Waals surface area (Å²) in [4.78, 5) is 21.8. The second-order valence-corrected chi connectivity index (χ2v) is 3.11. The molecule has 0 heterocycles. The topological polar surface area (TPSA) is 43.4 Å². The van der Waals surface area contributed by atoms with E-state index in [2.05, 4.69) is 0 Å². The lowest BCUT2D eigenvalue weighted by atomic mass is 10.0. The van der Waals surface area contributed by atoms with E-state index in [1.165, 1.54) is 13.0 Å². The van der Waals surface area contributed by atoms with Crippen molar-refractivity contribution < 1.29 is 14.3 Å². The predicted molar refractivity (Wildman–Crippen MR) is 43.5 cm³/mol. The van der Waals surface area contributed by atoms with Crippen molar-refractivity contribution in [2.75, 3.05) is 0 Å². The van der Waals surface area contributed by atoms with E-state index in [1.54, 1.807) is 0 Å². The first-order valence-electron chi connectivity index (χ1n) is 3.91. The fraction of sp³-hybridized carbons (Fsp3) is 0.556. The smallest absolute Gasteiger partial charge is 0.303 e. The van der Waals surface area contributed by atoms with Gasteiger partial charge in [0.15, 0.2) is 11.9 Å². The maximum atomic E-state index is 11.2. The average molecular weight is 168 g/mol. The van der Waals surface area contributed by atoms with Crippen LogP contribution in [0.25, 0.3) is 0 Å². The van der Waals surface area contributed by atoms with Gasteiger partial charge in [-0.05, 0) is 13.0 Å². The molecule has 0 N–H and O–H groups in total. The molecule has 66 valence electrons. The first kappa shape index (κ1) is 8.97. The van der Waals surface area contributed by atoms with Crippen molar-refractivity contribution >= 4 is 11.8 Å². The number of esters is 1. The fourth-order valence-corrected chi connectivity index (χ4v) is 1.26. The van der Waals surface area contributed by atoms with Gasteiger partial charge in [-0.25, -0.2) is 0 Å². The Morgan fingerprint density at radius 2 is 2.17 bits per heavy atom. The van der Waals surface area contributed by atoms with Gasteiger partial charge in [-0.3, -0.25) is 9.59 Å². The van der Waals surface area contributed by atoms with Crippen molar-refractivity contribution in [1.29, 1.82) is 0 Å². The Labute approximate surface area is 71.4 Å². The second kappa shape index (κ2) is 3.09. The van der Waals surface area contributed by atoms with Crippen LogP contribution >= 0.6 is 0 Å². The third-order valence-corrected chi connectivity index (χ3v) is 2.12. The highest BCUT2D eigenvalue weighted by Crippen LogP contribution is 2.25. The molecule has 3 heteroatoms. The molecule has 0 radical (unpaired) electrons. The fourth-order valence-electron chi connectivity index (χ4n) is 1.26.